The fourth-order valence-electron chi connectivity index (χ4n) is 0.623. The lowest BCUT2D eigenvalue weighted by Crippen LogP contribution is -2.22. The fourth-order valence-corrected chi connectivity index (χ4v) is 1.48. The molecule has 0 heterocycles. The molecule has 0 rings (SSSR count). The summed E-state index contributed by atoms with van der Waals surface area (Å²) in [6, 6.07) is 0. The van der Waals surface area contributed by atoms with Gasteiger partial charge in [0.25, 0.3) is 0 Å². The van der Waals surface area contributed by atoms with Crippen LogP contribution >= 0.6 is 11.8 Å². The summed E-state index contributed by atoms with van der Waals surface area (Å²) in [4.78, 5) is 9.98. The van der Waals surface area contributed by atoms with Crippen molar-refractivity contribution in [2.75, 3.05) is 18.1 Å². The predicted octanol–water partition coefficient (Wildman–Crippen LogP) is 0.758. The van der Waals surface area contributed by atoms with E-state index in [0.29, 0.717) is 12.3 Å². The van der Waals surface area contributed by atoms with Gasteiger partial charge in [0.15, 0.2) is 0 Å². The van der Waals surface area contributed by atoms with Crippen LogP contribution in [0.2, 0.25) is 0 Å². The van der Waals surface area contributed by atoms with Gasteiger partial charge >= 0.3 is 6.09 Å². The Balaban J connectivity index is 2.96. The molecule has 0 aromatic heterocycles. The van der Waals surface area contributed by atoms with E-state index in [4.69, 9.17) is 10.2 Å². The van der Waals surface area contributed by atoms with Gasteiger partial charge in [-0.1, -0.05) is 0 Å². The molecule has 0 aromatic rings. The minimum Gasteiger partial charge on any atom is -0.465 e. The first-order valence-electron chi connectivity index (χ1n) is 3.85. The van der Waals surface area contributed by atoms with Crippen LogP contribution < -0.4 is 5.32 Å². The van der Waals surface area contributed by atoms with E-state index in [9.17, 15) is 4.79 Å². The minimum atomic E-state index is -0.976. The number of hydrogen-bond donors (Lipinski definition) is 3. The Kier molecular flexibility index (Phi) is 6.99. The molecule has 0 saturated carbocycles. The molecule has 12 heavy (non-hydrogen) atoms. The second-order valence-electron chi connectivity index (χ2n) is 2.51. The van der Waals surface area contributed by atoms with E-state index in [0.717, 1.165) is 12.2 Å². The number of hydrogen-bond acceptors (Lipinski definition) is 3. The van der Waals surface area contributed by atoms with Gasteiger partial charge in [-0.15, -0.1) is 0 Å². The highest BCUT2D eigenvalue weighted by molar-refractivity contribution is 7.99. The standard InChI is InChI=1S/C7H15NO3S/c1-6(9)5-12-4-2-3-8-7(10)11/h6,8-9H,2-5H2,1H3,(H,10,11). The number of carboxylic acid groups (broad SMARTS) is 1. The van der Waals surface area contributed by atoms with Crippen molar-refractivity contribution >= 4 is 17.9 Å². The number of amides is 1. The number of nitrogens with one attached hydrogen (secondary N) is 1. The van der Waals surface area contributed by atoms with Gasteiger partial charge in [-0.05, 0) is 19.1 Å². The summed E-state index contributed by atoms with van der Waals surface area (Å²) >= 11 is 1.63. The van der Waals surface area contributed by atoms with Crippen LogP contribution in [0, 0.1) is 0 Å². The summed E-state index contributed by atoms with van der Waals surface area (Å²) in [5.41, 5.74) is 0. The minimum absolute atomic E-state index is 0.276. The molecular weight excluding hydrogens is 178 g/mol. The number of thioether (sulfide) groups is 1. The van der Waals surface area contributed by atoms with E-state index in [1.54, 1.807) is 18.7 Å². The molecule has 1 unspecified atom stereocenters. The second kappa shape index (κ2) is 7.24. The molecule has 4 nitrogen and oxygen atoms in total. The third-order valence-corrected chi connectivity index (χ3v) is 2.40. The van der Waals surface area contributed by atoms with Crippen molar-refractivity contribution in [2.45, 2.75) is 19.4 Å². The molecule has 3 N–H and O–H groups in total. The van der Waals surface area contributed by atoms with Gasteiger partial charge in [0, 0.05) is 12.3 Å². The van der Waals surface area contributed by atoms with Gasteiger partial charge in [-0.3, -0.25) is 0 Å². The monoisotopic (exact) mass is 193 g/mol. The fraction of sp³-hybridized carbons (Fsp3) is 0.857. The van der Waals surface area contributed by atoms with E-state index in [-0.39, 0.29) is 6.10 Å². The summed E-state index contributed by atoms with van der Waals surface area (Å²) in [6.45, 7) is 2.23. The van der Waals surface area contributed by atoms with Crippen LogP contribution in [0.15, 0.2) is 0 Å². The Hall–Kier alpha value is -0.420. The number of rotatable bonds is 6. The molecule has 0 aliphatic carbocycles. The van der Waals surface area contributed by atoms with Gasteiger partial charge in [-0.25, -0.2) is 4.79 Å². The van der Waals surface area contributed by atoms with Gasteiger partial charge in [0.2, 0.25) is 0 Å². The van der Waals surface area contributed by atoms with Gasteiger partial charge < -0.3 is 15.5 Å². The lowest BCUT2D eigenvalue weighted by atomic mass is 10.5. The van der Waals surface area contributed by atoms with Crippen LogP contribution in [0.1, 0.15) is 13.3 Å². The third-order valence-electron chi connectivity index (χ3n) is 1.10. The Morgan fingerprint density at radius 2 is 2.33 bits per heavy atom. The zero-order valence-electron chi connectivity index (χ0n) is 7.12. The number of carbonyl (C=O) groups is 1. The summed E-state index contributed by atoms with van der Waals surface area (Å²) < 4.78 is 0. The maximum absolute atomic E-state index is 9.98. The molecule has 72 valence electrons. The maximum Gasteiger partial charge on any atom is 0.404 e. The van der Waals surface area contributed by atoms with Crippen molar-refractivity contribution in [1.82, 2.24) is 5.32 Å². The average molecular weight is 193 g/mol. The van der Waals surface area contributed by atoms with Gasteiger partial charge in [0.1, 0.15) is 0 Å². The van der Waals surface area contributed by atoms with E-state index in [1.807, 2.05) is 0 Å². The molecule has 1 atom stereocenters. The zero-order valence-corrected chi connectivity index (χ0v) is 7.93. The Morgan fingerprint density at radius 3 is 2.83 bits per heavy atom. The SMILES string of the molecule is CC(O)CSCCCNC(=O)O. The maximum atomic E-state index is 9.98. The van der Waals surface area contributed by atoms with Crippen LogP contribution in [0.4, 0.5) is 4.79 Å². The second-order valence-corrected chi connectivity index (χ2v) is 3.66. The van der Waals surface area contributed by atoms with Crippen molar-refractivity contribution < 1.29 is 15.0 Å². The zero-order chi connectivity index (χ0) is 9.40. The molecule has 1 amide bonds. The Labute approximate surface area is 76.4 Å². The summed E-state index contributed by atoms with van der Waals surface area (Å²) in [5, 5.41) is 19.3. The van der Waals surface area contributed by atoms with Crippen LogP contribution in [0.5, 0.6) is 0 Å². The van der Waals surface area contributed by atoms with Gasteiger partial charge in [0.05, 0.1) is 6.10 Å². The predicted molar refractivity (Wildman–Crippen MR) is 49.7 cm³/mol. The third kappa shape index (κ3) is 9.58. The first-order chi connectivity index (χ1) is 5.63. The van der Waals surface area contributed by atoms with Crippen molar-refractivity contribution in [3.8, 4) is 0 Å². The lowest BCUT2D eigenvalue weighted by molar-refractivity contribution is 0.194. The van der Waals surface area contributed by atoms with E-state index in [2.05, 4.69) is 5.32 Å². The van der Waals surface area contributed by atoms with E-state index >= 15 is 0 Å². The first kappa shape index (κ1) is 11.6. The number of aliphatic hydroxyl groups excluding tert-OH is 1. The molecule has 0 radical (unpaired) electrons. The highest BCUT2D eigenvalue weighted by Gasteiger charge is 1.96. The Morgan fingerprint density at radius 1 is 1.67 bits per heavy atom. The molecule has 5 heteroatoms. The smallest absolute Gasteiger partial charge is 0.404 e. The molecule has 0 aromatic carbocycles. The lowest BCUT2D eigenvalue weighted by Gasteiger charge is -2.03. The van der Waals surface area contributed by atoms with E-state index < -0.39 is 6.09 Å². The molecule has 0 spiro atoms. The molecule has 0 fully saturated rings. The summed E-state index contributed by atoms with van der Waals surface area (Å²) in [6.07, 6.45) is -0.443. The average Bonchev–Trinajstić information content (AvgIpc) is 1.95. The van der Waals surface area contributed by atoms with Crippen LogP contribution in [0.3, 0.4) is 0 Å². The van der Waals surface area contributed by atoms with Crippen molar-refractivity contribution in [3.63, 3.8) is 0 Å². The van der Waals surface area contributed by atoms with Crippen molar-refractivity contribution in [2.24, 2.45) is 0 Å². The van der Waals surface area contributed by atoms with Crippen molar-refractivity contribution in [3.05, 3.63) is 0 Å². The molecule has 0 aliphatic rings. The highest BCUT2D eigenvalue weighted by Crippen LogP contribution is 2.03. The molecular formula is C7H15NO3S. The highest BCUT2D eigenvalue weighted by atomic mass is 32.2. The van der Waals surface area contributed by atoms with Crippen LogP contribution in [-0.4, -0.2) is 40.5 Å². The topological polar surface area (TPSA) is 69.6 Å². The molecule has 0 saturated heterocycles. The van der Waals surface area contributed by atoms with Gasteiger partial charge in [-0.2, -0.15) is 11.8 Å². The number of aliphatic hydroxyl groups is 1. The quantitative estimate of drug-likeness (QED) is 0.545. The first-order valence-corrected chi connectivity index (χ1v) is 5.01. The largest absolute Gasteiger partial charge is 0.465 e. The van der Waals surface area contributed by atoms with Crippen LogP contribution in [0.25, 0.3) is 0 Å². The van der Waals surface area contributed by atoms with Crippen molar-refractivity contribution in [1.29, 1.82) is 0 Å². The van der Waals surface area contributed by atoms with Crippen LogP contribution in [-0.2, 0) is 0 Å². The molecule has 0 bridgehead atoms. The Bertz CT molecular complexity index is 130. The summed E-state index contributed by atoms with van der Waals surface area (Å²) in [7, 11) is 0. The normalized spacial score (nSPS) is 12.5. The van der Waals surface area contributed by atoms with E-state index in [1.165, 1.54) is 0 Å². The summed E-state index contributed by atoms with van der Waals surface area (Å²) in [5.74, 6) is 1.60. The molecule has 0 aliphatic heterocycles.